The zero-order valence-corrected chi connectivity index (χ0v) is 12.4. The molecule has 5 rings (SSSR count). The molecule has 0 radical (unpaired) electrons. The molecule has 3 atom stereocenters. The van der Waals surface area contributed by atoms with E-state index in [0.717, 1.165) is 0 Å². The van der Waals surface area contributed by atoms with E-state index < -0.39 is 0 Å². The molecule has 108 valence electrons. The Morgan fingerprint density at radius 2 is 1.55 bits per heavy atom. The topological polar surface area (TPSA) is 24.7 Å². The van der Waals surface area contributed by atoms with Gasteiger partial charge in [0.15, 0.2) is 0 Å². The second kappa shape index (κ2) is 4.64. The van der Waals surface area contributed by atoms with Crippen molar-refractivity contribution in [2.75, 3.05) is 0 Å². The standard InChI is InChI=1S/C20H18N2/c1-2-7-13(8-3-1)18-19-16-10-5-4-9-14(16)15-11-6-12-17(15)20(18)22-21-19/h1-5,7-10,18-20H,6,11-12H2. The summed E-state index contributed by atoms with van der Waals surface area (Å²) in [4.78, 5) is 0. The molecule has 0 aromatic heterocycles. The molecule has 22 heavy (non-hydrogen) atoms. The van der Waals surface area contributed by atoms with Crippen LogP contribution in [0.3, 0.4) is 0 Å². The first-order valence-electron chi connectivity index (χ1n) is 8.19. The van der Waals surface area contributed by atoms with Crippen molar-refractivity contribution in [2.45, 2.75) is 37.3 Å². The van der Waals surface area contributed by atoms with E-state index in [1.54, 1.807) is 11.1 Å². The minimum absolute atomic E-state index is 0.175. The molecule has 2 aromatic carbocycles. The molecule has 2 nitrogen and oxygen atoms in total. The lowest BCUT2D eigenvalue weighted by molar-refractivity contribution is 0.571. The molecular weight excluding hydrogens is 268 g/mol. The number of hydrogen-bond donors (Lipinski definition) is 0. The molecule has 2 heteroatoms. The highest BCUT2D eigenvalue weighted by molar-refractivity contribution is 5.76. The quantitative estimate of drug-likeness (QED) is 0.680. The number of fused-ring (bicyclic) bond motifs is 6. The molecule has 1 aliphatic heterocycles. The molecule has 2 aliphatic carbocycles. The Morgan fingerprint density at radius 1 is 0.773 bits per heavy atom. The van der Waals surface area contributed by atoms with Crippen LogP contribution in [0.15, 0.2) is 70.4 Å². The van der Waals surface area contributed by atoms with Crippen LogP contribution in [0.1, 0.15) is 47.9 Å². The van der Waals surface area contributed by atoms with Crippen LogP contribution >= 0.6 is 0 Å². The molecule has 0 saturated carbocycles. The number of azo groups is 1. The average molecular weight is 286 g/mol. The predicted octanol–water partition coefficient (Wildman–Crippen LogP) is 5.30. The van der Waals surface area contributed by atoms with Gasteiger partial charge >= 0.3 is 0 Å². The van der Waals surface area contributed by atoms with E-state index in [2.05, 4.69) is 54.6 Å². The molecule has 0 fully saturated rings. The Hall–Kier alpha value is -2.22. The van der Waals surface area contributed by atoms with Gasteiger partial charge in [-0.3, -0.25) is 0 Å². The van der Waals surface area contributed by atoms with Crippen LogP contribution in [0.4, 0.5) is 0 Å². The van der Waals surface area contributed by atoms with Crippen LogP contribution in [-0.4, -0.2) is 6.04 Å². The van der Waals surface area contributed by atoms with Gasteiger partial charge in [0.1, 0.15) is 12.1 Å². The maximum absolute atomic E-state index is 4.72. The van der Waals surface area contributed by atoms with Gasteiger partial charge in [0.05, 0.1) is 0 Å². The molecule has 3 aliphatic rings. The maximum atomic E-state index is 4.72. The van der Waals surface area contributed by atoms with Gasteiger partial charge in [0.2, 0.25) is 0 Å². The van der Waals surface area contributed by atoms with Crippen molar-refractivity contribution in [1.82, 2.24) is 0 Å². The summed E-state index contributed by atoms with van der Waals surface area (Å²) in [6.07, 6.45) is 3.65. The zero-order valence-electron chi connectivity index (χ0n) is 12.4. The third kappa shape index (κ3) is 1.61. The molecule has 0 saturated heterocycles. The Kier molecular flexibility index (Phi) is 2.60. The molecule has 3 unspecified atom stereocenters. The first-order valence-corrected chi connectivity index (χ1v) is 8.19. The van der Waals surface area contributed by atoms with Crippen molar-refractivity contribution in [1.29, 1.82) is 0 Å². The van der Waals surface area contributed by atoms with E-state index >= 15 is 0 Å². The largest absolute Gasteiger partial charge is 0.185 e. The van der Waals surface area contributed by atoms with Crippen LogP contribution in [0, 0.1) is 0 Å². The summed E-state index contributed by atoms with van der Waals surface area (Å²) < 4.78 is 0. The fraction of sp³-hybridized carbons (Fsp3) is 0.300. The smallest absolute Gasteiger partial charge is 0.106 e. The SMILES string of the molecule is c1ccc(C2C3N=NC2c2ccccc2C2=C3CCC2)cc1. The number of benzene rings is 2. The fourth-order valence-corrected chi connectivity index (χ4v) is 4.47. The maximum Gasteiger partial charge on any atom is 0.106 e. The van der Waals surface area contributed by atoms with Gasteiger partial charge in [-0.2, -0.15) is 10.2 Å². The molecule has 1 heterocycles. The van der Waals surface area contributed by atoms with Gasteiger partial charge in [-0.1, -0.05) is 54.6 Å². The summed E-state index contributed by atoms with van der Waals surface area (Å²) in [7, 11) is 0. The van der Waals surface area contributed by atoms with Crippen LogP contribution in [0.5, 0.6) is 0 Å². The second-order valence-corrected chi connectivity index (χ2v) is 6.50. The van der Waals surface area contributed by atoms with E-state index in [1.807, 2.05) is 0 Å². The van der Waals surface area contributed by atoms with Crippen LogP contribution < -0.4 is 0 Å². The lowest BCUT2D eigenvalue weighted by atomic mass is 9.82. The van der Waals surface area contributed by atoms with Gasteiger partial charge in [-0.15, -0.1) is 0 Å². The number of rotatable bonds is 1. The molecular formula is C20H18N2. The summed E-state index contributed by atoms with van der Waals surface area (Å²) in [6.45, 7) is 0. The average Bonchev–Trinajstić information content (AvgIpc) is 3.19. The van der Waals surface area contributed by atoms with Crippen molar-refractivity contribution < 1.29 is 0 Å². The number of hydrogen-bond acceptors (Lipinski definition) is 2. The highest BCUT2D eigenvalue weighted by Gasteiger charge is 2.44. The molecule has 0 amide bonds. The highest BCUT2D eigenvalue weighted by Crippen LogP contribution is 2.54. The zero-order chi connectivity index (χ0) is 14.5. The van der Waals surface area contributed by atoms with Gasteiger partial charge in [0, 0.05) is 5.92 Å². The van der Waals surface area contributed by atoms with Crippen molar-refractivity contribution in [3.05, 3.63) is 76.9 Å². The first-order chi connectivity index (χ1) is 10.9. The van der Waals surface area contributed by atoms with Crippen molar-refractivity contribution >= 4 is 5.57 Å². The predicted molar refractivity (Wildman–Crippen MR) is 87.8 cm³/mol. The Bertz CT molecular complexity index is 788. The van der Waals surface area contributed by atoms with E-state index in [4.69, 9.17) is 10.2 Å². The monoisotopic (exact) mass is 286 g/mol. The molecule has 2 aromatic rings. The summed E-state index contributed by atoms with van der Waals surface area (Å²) in [5.74, 6) is 0.368. The highest BCUT2D eigenvalue weighted by atomic mass is 15.2. The minimum Gasteiger partial charge on any atom is -0.185 e. The summed E-state index contributed by atoms with van der Waals surface area (Å²) >= 11 is 0. The fourth-order valence-electron chi connectivity index (χ4n) is 4.47. The van der Waals surface area contributed by atoms with E-state index in [9.17, 15) is 0 Å². The molecule has 0 N–H and O–H groups in total. The first kappa shape index (κ1) is 12.3. The Balaban J connectivity index is 1.76. The Morgan fingerprint density at radius 3 is 2.45 bits per heavy atom. The van der Waals surface area contributed by atoms with Crippen LogP contribution in [0.25, 0.3) is 5.57 Å². The normalized spacial score (nSPS) is 28.5. The number of allylic oxidation sites excluding steroid dienone is 1. The Labute approximate surface area is 130 Å². The third-order valence-electron chi connectivity index (χ3n) is 5.40. The molecule has 2 bridgehead atoms. The third-order valence-corrected chi connectivity index (χ3v) is 5.40. The molecule has 0 spiro atoms. The van der Waals surface area contributed by atoms with Gasteiger partial charge in [0.25, 0.3) is 0 Å². The van der Waals surface area contributed by atoms with Crippen molar-refractivity contribution in [3.63, 3.8) is 0 Å². The lowest BCUT2D eigenvalue weighted by Gasteiger charge is -2.22. The van der Waals surface area contributed by atoms with Gasteiger partial charge in [-0.25, -0.2) is 0 Å². The van der Waals surface area contributed by atoms with E-state index in [-0.39, 0.29) is 12.1 Å². The van der Waals surface area contributed by atoms with Gasteiger partial charge in [-0.05, 0) is 47.1 Å². The van der Waals surface area contributed by atoms with Gasteiger partial charge < -0.3 is 0 Å². The summed E-state index contributed by atoms with van der Waals surface area (Å²) in [5, 5.41) is 9.43. The van der Waals surface area contributed by atoms with Crippen LogP contribution in [-0.2, 0) is 0 Å². The van der Waals surface area contributed by atoms with E-state index in [1.165, 1.54) is 36.0 Å². The summed E-state index contributed by atoms with van der Waals surface area (Å²) in [6, 6.07) is 20.1. The minimum atomic E-state index is 0.175. The van der Waals surface area contributed by atoms with Crippen molar-refractivity contribution in [2.24, 2.45) is 10.2 Å². The second-order valence-electron chi connectivity index (χ2n) is 6.50. The van der Waals surface area contributed by atoms with Crippen molar-refractivity contribution in [3.8, 4) is 0 Å². The van der Waals surface area contributed by atoms with E-state index in [0.29, 0.717) is 5.92 Å². The lowest BCUT2D eigenvalue weighted by Crippen LogP contribution is -2.18. The summed E-state index contributed by atoms with van der Waals surface area (Å²) in [5.41, 5.74) is 7.28. The number of nitrogens with zero attached hydrogens (tertiary/aromatic N) is 2. The van der Waals surface area contributed by atoms with Crippen LogP contribution in [0.2, 0.25) is 0 Å².